The molecule has 0 aromatic heterocycles. The molecule has 1 aromatic rings. The van der Waals surface area contributed by atoms with E-state index in [0.29, 0.717) is 16.6 Å². The Morgan fingerprint density at radius 3 is 2.87 bits per heavy atom. The maximum Gasteiger partial charge on any atom is 0.107 e. The molecule has 0 radical (unpaired) electrons. The number of rotatable bonds is 5. The van der Waals surface area contributed by atoms with Crippen LogP contribution in [0, 0.1) is 0 Å². The quantitative estimate of drug-likeness (QED) is 0.808. The van der Waals surface area contributed by atoms with Gasteiger partial charge in [0.25, 0.3) is 0 Å². The van der Waals surface area contributed by atoms with E-state index >= 15 is 0 Å². The van der Waals surface area contributed by atoms with Crippen molar-refractivity contribution < 1.29 is 4.74 Å². The van der Waals surface area contributed by atoms with Gasteiger partial charge in [-0.3, -0.25) is 0 Å². The predicted octanol–water partition coefficient (Wildman–Crippen LogP) is 2.92. The fraction of sp³-hybridized carbons (Fsp3) is 0.364. The third-order valence-electron chi connectivity index (χ3n) is 2.03. The lowest BCUT2D eigenvalue weighted by Crippen LogP contribution is -2.28. The Hall–Kier alpha value is -0.640. The van der Waals surface area contributed by atoms with Gasteiger partial charge in [0, 0.05) is 5.02 Å². The summed E-state index contributed by atoms with van der Waals surface area (Å²) in [6, 6.07) is 7.55. The van der Waals surface area contributed by atoms with Gasteiger partial charge in [0.15, 0.2) is 0 Å². The minimum Gasteiger partial charge on any atom is -0.391 e. The van der Waals surface area contributed by atoms with Gasteiger partial charge in [0.2, 0.25) is 0 Å². The molecule has 82 valence electrons. The van der Waals surface area contributed by atoms with E-state index < -0.39 is 0 Å². The highest BCUT2D eigenvalue weighted by atomic mass is 35.5. The van der Waals surface area contributed by atoms with E-state index in [2.05, 4.69) is 0 Å². The van der Waals surface area contributed by atoms with Crippen LogP contribution in [0.25, 0.3) is 0 Å². The highest BCUT2D eigenvalue weighted by Crippen LogP contribution is 2.12. The zero-order valence-corrected chi connectivity index (χ0v) is 10.1. The second-order valence-corrected chi connectivity index (χ2v) is 4.15. The normalized spacial score (nSPS) is 12.4. The Morgan fingerprint density at radius 1 is 1.60 bits per heavy atom. The smallest absolute Gasteiger partial charge is 0.107 e. The van der Waals surface area contributed by atoms with Crippen molar-refractivity contribution in [2.75, 3.05) is 0 Å². The molecule has 15 heavy (non-hydrogen) atoms. The molecular formula is C11H14ClNOS. The summed E-state index contributed by atoms with van der Waals surface area (Å²) in [6.45, 7) is 2.47. The molecule has 1 unspecified atom stereocenters. The molecule has 0 amide bonds. The number of nitrogens with two attached hydrogens (primary N) is 1. The first-order chi connectivity index (χ1) is 7.13. The molecule has 2 nitrogen and oxygen atoms in total. The minimum absolute atomic E-state index is 0.154. The molecule has 0 aliphatic heterocycles. The Balaban J connectivity index is 2.52. The molecule has 1 atom stereocenters. The van der Waals surface area contributed by atoms with E-state index in [1.807, 2.05) is 31.2 Å². The van der Waals surface area contributed by atoms with E-state index in [4.69, 9.17) is 34.3 Å². The van der Waals surface area contributed by atoms with Gasteiger partial charge in [-0.15, -0.1) is 0 Å². The Morgan fingerprint density at radius 2 is 2.33 bits per heavy atom. The van der Waals surface area contributed by atoms with Crippen LogP contribution >= 0.6 is 23.8 Å². The zero-order chi connectivity index (χ0) is 11.3. The van der Waals surface area contributed by atoms with Crippen LogP contribution in [0.4, 0.5) is 0 Å². The maximum atomic E-state index is 5.85. The largest absolute Gasteiger partial charge is 0.391 e. The molecule has 1 aromatic carbocycles. The topological polar surface area (TPSA) is 35.2 Å². The lowest BCUT2D eigenvalue weighted by molar-refractivity contribution is 0.0829. The maximum absolute atomic E-state index is 5.85. The van der Waals surface area contributed by atoms with Gasteiger partial charge in [-0.05, 0) is 24.1 Å². The summed E-state index contributed by atoms with van der Waals surface area (Å²) in [6.07, 6.45) is 0.634. The standard InChI is InChI=1S/C11H14ClNOS/c1-2-10(11(13)15)14-7-8-4-3-5-9(12)6-8/h3-6,10H,2,7H2,1H3,(H2,13,15). The van der Waals surface area contributed by atoms with Crippen LogP contribution in [-0.2, 0) is 11.3 Å². The fourth-order valence-corrected chi connectivity index (χ4v) is 1.67. The van der Waals surface area contributed by atoms with Crippen LogP contribution < -0.4 is 5.73 Å². The number of hydrogen-bond donors (Lipinski definition) is 1. The molecule has 0 aliphatic rings. The third kappa shape index (κ3) is 4.16. The second kappa shape index (κ2) is 6.05. The van der Waals surface area contributed by atoms with Crippen molar-refractivity contribution in [2.45, 2.75) is 26.1 Å². The number of hydrogen-bond acceptors (Lipinski definition) is 2. The lowest BCUT2D eigenvalue weighted by Gasteiger charge is -2.14. The summed E-state index contributed by atoms with van der Waals surface area (Å²) in [5, 5.41) is 0.708. The molecule has 0 saturated carbocycles. The summed E-state index contributed by atoms with van der Waals surface area (Å²) >= 11 is 10.7. The highest BCUT2D eigenvalue weighted by molar-refractivity contribution is 7.80. The van der Waals surface area contributed by atoms with Crippen LogP contribution in [0.3, 0.4) is 0 Å². The van der Waals surface area contributed by atoms with Crippen molar-refractivity contribution in [3.63, 3.8) is 0 Å². The summed E-state index contributed by atoms with van der Waals surface area (Å²) in [5.74, 6) is 0. The Labute approximate surface area is 100 Å². The third-order valence-corrected chi connectivity index (χ3v) is 2.53. The molecule has 4 heteroatoms. The summed E-state index contributed by atoms with van der Waals surface area (Å²) in [7, 11) is 0. The van der Waals surface area contributed by atoms with E-state index in [1.54, 1.807) is 0 Å². The number of halogens is 1. The summed E-state index contributed by atoms with van der Waals surface area (Å²) in [4.78, 5) is 0.402. The van der Waals surface area contributed by atoms with Gasteiger partial charge in [0.1, 0.15) is 11.1 Å². The average molecular weight is 244 g/mol. The SMILES string of the molecule is CCC(OCc1cccc(Cl)c1)C(N)=S. The first-order valence-electron chi connectivity index (χ1n) is 4.79. The average Bonchev–Trinajstić information content (AvgIpc) is 2.18. The van der Waals surface area contributed by atoms with E-state index in [1.165, 1.54) is 0 Å². The van der Waals surface area contributed by atoms with Gasteiger partial charge < -0.3 is 10.5 Å². The van der Waals surface area contributed by atoms with Crippen molar-refractivity contribution >= 4 is 28.8 Å². The molecular weight excluding hydrogens is 230 g/mol. The molecule has 0 saturated heterocycles. The molecule has 2 N–H and O–H groups in total. The van der Waals surface area contributed by atoms with E-state index in [9.17, 15) is 0 Å². The number of benzene rings is 1. The number of thiocarbonyl (C=S) groups is 1. The van der Waals surface area contributed by atoms with Gasteiger partial charge in [-0.1, -0.05) is 42.9 Å². The lowest BCUT2D eigenvalue weighted by atomic mass is 10.2. The first kappa shape index (κ1) is 12.4. The molecule has 0 aliphatic carbocycles. The summed E-state index contributed by atoms with van der Waals surface area (Å²) in [5.41, 5.74) is 6.55. The fourth-order valence-electron chi connectivity index (χ4n) is 1.22. The van der Waals surface area contributed by atoms with Gasteiger partial charge in [-0.2, -0.15) is 0 Å². The molecule has 0 heterocycles. The van der Waals surface area contributed by atoms with Gasteiger partial charge in [-0.25, -0.2) is 0 Å². The molecule has 0 spiro atoms. The monoisotopic (exact) mass is 243 g/mol. The minimum atomic E-state index is -0.154. The van der Waals surface area contributed by atoms with E-state index in [0.717, 1.165) is 12.0 Å². The van der Waals surface area contributed by atoms with Crippen LogP contribution in [0.1, 0.15) is 18.9 Å². The van der Waals surface area contributed by atoms with Crippen molar-refractivity contribution in [1.29, 1.82) is 0 Å². The second-order valence-electron chi connectivity index (χ2n) is 3.24. The Bertz CT molecular complexity index is 343. The van der Waals surface area contributed by atoms with Gasteiger partial charge in [0.05, 0.1) is 6.61 Å². The predicted molar refractivity (Wildman–Crippen MR) is 67.1 cm³/mol. The van der Waals surface area contributed by atoms with E-state index in [-0.39, 0.29) is 6.10 Å². The van der Waals surface area contributed by atoms with Crippen molar-refractivity contribution in [3.05, 3.63) is 34.9 Å². The van der Waals surface area contributed by atoms with Crippen LogP contribution in [-0.4, -0.2) is 11.1 Å². The van der Waals surface area contributed by atoms with Crippen LogP contribution in [0.5, 0.6) is 0 Å². The van der Waals surface area contributed by atoms with Crippen molar-refractivity contribution in [2.24, 2.45) is 5.73 Å². The zero-order valence-electron chi connectivity index (χ0n) is 8.57. The molecule has 0 fully saturated rings. The van der Waals surface area contributed by atoms with Crippen molar-refractivity contribution in [1.82, 2.24) is 0 Å². The van der Waals surface area contributed by atoms with Crippen LogP contribution in [0.2, 0.25) is 5.02 Å². The molecule has 0 bridgehead atoms. The first-order valence-corrected chi connectivity index (χ1v) is 5.57. The Kier molecular flexibility index (Phi) is 5.02. The summed E-state index contributed by atoms with van der Waals surface area (Å²) < 4.78 is 5.57. The number of ether oxygens (including phenoxy) is 1. The van der Waals surface area contributed by atoms with Gasteiger partial charge >= 0.3 is 0 Å². The van der Waals surface area contributed by atoms with Crippen LogP contribution in [0.15, 0.2) is 24.3 Å². The van der Waals surface area contributed by atoms with Crippen molar-refractivity contribution in [3.8, 4) is 0 Å². The highest BCUT2D eigenvalue weighted by Gasteiger charge is 2.09. The molecule has 1 rings (SSSR count).